The third kappa shape index (κ3) is 1.73. The molecule has 1 aromatic heterocycles. The summed E-state index contributed by atoms with van der Waals surface area (Å²) in [6, 6.07) is 5.56. The van der Waals surface area contributed by atoms with Gasteiger partial charge in [-0.25, -0.2) is 4.98 Å². The zero-order valence-corrected chi connectivity index (χ0v) is 7.28. The van der Waals surface area contributed by atoms with E-state index in [1.165, 1.54) is 0 Å². The van der Waals surface area contributed by atoms with Gasteiger partial charge in [-0.05, 0) is 19.1 Å². The van der Waals surface area contributed by atoms with Gasteiger partial charge in [0.25, 0.3) is 0 Å². The monoisotopic (exact) mass is 161 g/mol. The fraction of sp³-hybridized carbons (Fsp3) is 0.333. The van der Waals surface area contributed by atoms with E-state index in [2.05, 4.69) is 11.1 Å². The molecular formula is C9H11N3. The minimum absolute atomic E-state index is 0.653. The van der Waals surface area contributed by atoms with Gasteiger partial charge in [0.1, 0.15) is 5.82 Å². The molecule has 0 radical (unpaired) electrons. The minimum Gasteiger partial charge on any atom is -0.360 e. The molecule has 0 aliphatic carbocycles. The first-order valence-electron chi connectivity index (χ1n) is 3.85. The van der Waals surface area contributed by atoms with Crippen LogP contribution in [0.1, 0.15) is 12.5 Å². The summed E-state index contributed by atoms with van der Waals surface area (Å²) in [5.74, 6) is 0.844. The Morgan fingerprint density at radius 3 is 3.00 bits per heavy atom. The summed E-state index contributed by atoms with van der Waals surface area (Å²) in [6.07, 6.45) is 1.65. The van der Waals surface area contributed by atoms with Crippen LogP contribution in [0.3, 0.4) is 0 Å². The Kier molecular flexibility index (Phi) is 2.65. The van der Waals surface area contributed by atoms with E-state index in [1.54, 1.807) is 18.3 Å². The maximum Gasteiger partial charge on any atom is 0.129 e. The van der Waals surface area contributed by atoms with Crippen molar-refractivity contribution in [1.29, 1.82) is 5.26 Å². The first-order chi connectivity index (χ1) is 5.77. The molecule has 0 bridgehead atoms. The average Bonchev–Trinajstić information content (AvgIpc) is 2.17. The summed E-state index contributed by atoms with van der Waals surface area (Å²) in [5, 5.41) is 8.62. The number of rotatable bonds is 2. The molecular weight excluding hydrogens is 150 g/mol. The maximum absolute atomic E-state index is 8.62. The van der Waals surface area contributed by atoms with Crippen molar-refractivity contribution in [3.8, 4) is 6.07 Å². The van der Waals surface area contributed by atoms with E-state index in [-0.39, 0.29) is 0 Å². The summed E-state index contributed by atoms with van der Waals surface area (Å²) < 4.78 is 0. The molecule has 12 heavy (non-hydrogen) atoms. The number of hydrogen-bond donors (Lipinski definition) is 0. The van der Waals surface area contributed by atoms with Crippen molar-refractivity contribution in [2.75, 3.05) is 18.5 Å². The summed E-state index contributed by atoms with van der Waals surface area (Å²) in [7, 11) is 1.95. The van der Waals surface area contributed by atoms with E-state index in [0.29, 0.717) is 5.56 Å². The molecule has 62 valence electrons. The van der Waals surface area contributed by atoms with Gasteiger partial charge in [-0.2, -0.15) is 5.26 Å². The third-order valence-corrected chi connectivity index (χ3v) is 1.74. The lowest BCUT2D eigenvalue weighted by Crippen LogP contribution is -2.16. The molecule has 0 aromatic carbocycles. The Morgan fingerprint density at radius 2 is 2.42 bits per heavy atom. The summed E-state index contributed by atoms with van der Waals surface area (Å²) in [4.78, 5) is 6.12. The van der Waals surface area contributed by atoms with Gasteiger partial charge in [0.05, 0.1) is 11.6 Å². The van der Waals surface area contributed by atoms with Crippen LogP contribution in [-0.4, -0.2) is 18.6 Å². The van der Waals surface area contributed by atoms with Gasteiger partial charge in [0.2, 0.25) is 0 Å². The molecule has 1 aromatic rings. The van der Waals surface area contributed by atoms with E-state index in [4.69, 9.17) is 5.26 Å². The molecule has 1 heterocycles. The Morgan fingerprint density at radius 1 is 1.67 bits per heavy atom. The van der Waals surface area contributed by atoms with E-state index in [1.807, 2.05) is 18.9 Å². The van der Waals surface area contributed by atoms with E-state index in [9.17, 15) is 0 Å². The van der Waals surface area contributed by atoms with Crippen molar-refractivity contribution in [2.24, 2.45) is 0 Å². The van der Waals surface area contributed by atoms with Gasteiger partial charge in [0, 0.05) is 19.8 Å². The molecule has 0 unspecified atom stereocenters. The fourth-order valence-electron chi connectivity index (χ4n) is 0.859. The zero-order chi connectivity index (χ0) is 8.97. The first kappa shape index (κ1) is 8.54. The SMILES string of the molecule is CCN(C)c1cc(C#N)ccn1. The second-order valence-corrected chi connectivity index (χ2v) is 2.53. The topological polar surface area (TPSA) is 39.9 Å². The van der Waals surface area contributed by atoms with Crippen molar-refractivity contribution in [3.63, 3.8) is 0 Å². The Bertz CT molecular complexity index is 301. The second kappa shape index (κ2) is 3.72. The van der Waals surface area contributed by atoms with Crippen molar-refractivity contribution >= 4 is 5.82 Å². The van der Waals surface area contributed by atoms with Gasteiger partial charge in [-0.3, -0.25) is 0 Å². The van der Waals surface area contributed by atoms with Crippen molar-refractivity contribution in [1.82, 2.24) is 4.98 Å². The predicted octanol–water partition coefficient (Wildman–Crippen LogP) is 1.41. The standard InChI is InChI=1S/C9H11N3/c1-3-12(2)9-6-8(7-10)4-5-11-9/h4-6H,3H2,1-2H3. The summed E-state index contributed by atoms with van der Waals surface area (Å²) in [6.45, 7) is 2.93. The molecule has 0 saturated carbocycles. The van der Waals surface area contributed by atoms with Crippen molar-refractivity contribution in [2.45, 2.75) is 6.92 Å². The molecule has 1 rings (SSSR count). The van der Waals surface area contributed by atoms with Crippen LogP contribution in [0.4, 0.5) is 5.82 Å². The fourth-order valence-corrected chi connectivity index (χ4v) is 0.859. The molecule has 0 saturated heterocycles. The number of nitriles is 1. The third-order valence-electron chi connectivity index (χ3n) is 1.74. The van der Waals surface area contributed by atoms with Gasteiger partial charge in [0.15, 0.2) is 0 Å². The van der Waals surface area contributed by atoms with Crippen LogP contribution in [0, 0.1) is 11.3 Å². The second-order valence-electron chi connectivity index (χ2n) is 2.53. The molecule has 0 atom stereocenters. The molecule has 0 aliphatic heterocycles. The molecule has 0 spiro atoms. The molecule has 0 N–H and O–H groups in total. The van der Waals surface area contributed by atoms with Crippen LogP contribution >= 0.6 is 0 Å². The van der Waals surface area contributed by atoms with Crippen LogP contribution in [0.2, 0.25) is 0 Å². The zero-order valence-electron chi connectivity index (χ0n) is 7.28. The minimum atomic E-state index is 0.653. The Hall–Kier alpha value is -1.56. The summed E-state index contributed by atoms with van der Waals surface area (Å²) >= 11 is 0. The highest BCUT2D eigenvalue weighted by molar-refractivity contribution is 5.43. The van der Waals surface area contributed by atoms with Crippen LogP contribution in [0.5, 0.6) is 0 Å². The van der Waals surface area contributed by atoms with Crippen LogP contribution in [0.25, 0.3) is 0 Å². The predicted molar refractivity (Wildman–Crippen MR) is 47.9 cm³/mol. The Balaban J connectivity index is 2.95. The molecule has 0 fully saturated rings. The molecule has 0 amide bonds. The van der Waals surface area contributed by atoms with Gasteiger partial charge >= 0.3 is 0 Å². The lowest BCUT2D eigenvalue weighted by Gasteiger charge is -2.14. The van der Waals surface area contributed by atoms with Gasteiger partial charge in [-0.1, -0.05) is 0 Å². The molecule has 3 heteroatoms. The lowest BCUT2D eigenvalue weighted by molar-refractivity contribution is 0.937. The van der Waals surface area contributed by atoms with E-state index >= 15 is 0 Å². The highest BCUT2D eigenvalue weighted by Crippen LogP contribution is 2.09. The van der Waals surface area contributed by atoms with Crippen LogP contribution < -0.4 is 4.90 Å². The number of pyridine rings is 1. The molecule has 3 nitrogen and oxygen atoms in total. The van der Waals surface area contributed by atoms with Crippen LogP contribution in [-0.2, 0) is 0 Å². The highest BCUT2D eigenvalue weighted by atomic mass is 15.1. The maximum atomic E-state index is 8.62. The van der Waals surface area contributed by atoms with Gasteiger partial charge < -0.3 is 4.90 Å². The first-order valence-corrected chi connectivity index (χ1v) is 3.85. The van der Waals surface area contributed by atoms with E-state index in [0.717, 1.165) is 12.4 Å². The normalized spacial score (nSPS) is 9.08. The smallest absolute Gasteiger partial charge is 0.129 e. The number of nitrogens with zero attached hydrogens (tertiary/aromatic N) is 3. The summed E-state index contributed by atoms with van der Waals surface area (Å²) in [5.41, 5.74) is 0.653. The Labute approximate surface area is 72.3 Å². The van der Waals surface area contributed by atoms with Crippen molar-refractivity contribution in [3.05, 3.63) is 23.9 Å². The highest BCUT2D eigenvalue weighted by Gasteiger charge is 1.99. The van der Waals surface area contributed by atoms with Crippen molar-refractivity contribution < 1.29 is 0 Å². The van der Waals surface area contributed by atoms with E-state index < -0.39 is 0 Å². The number of anilines is 1. The van der Waals surface area contributed by atoms with Gasteiger partial charge in [-0.15, -0.1) is 0 Å². The lowest BCUT2D eigenvalue weighted by atomic mass is 10.3. The largest absolute Gasteiger partial charge is 0.360 e. The molecule has 0 aliphatic rings. The average molecular weight is 161 g/mol. The number of hydrogen-bond acceptors (Lipinski definition) is 3. The quantitative estimate of drug-likeness (QED) is 0.658. The van der Waals surface area contributed by atoms with Crippen LogP contribution in [0.15, 0.2) is 18.3 Å². The number of aromatic nitrogens is 1.